The minimum absolute atomic E-state index is 0. The van der Waals surface area contributed by atoms with E-state index >= 15 is 0 Å². The molecule has 0 spiro atoms. The van der Waals surface area contributed by atoms with Crippen molar-refractivity contribution in [2.75, 3.05) is 20.7 Å². The Balaban J connectivity index is 0.00000128. The fraction of sp³-hybridized carbons (Fsp3) is 0.545. The zero-order valence-corrected chi connectivity index (χ0v) is 11.0. The lowest BCUT2D eigenvalue weighted by atomic mass is 10.3. The third-order valence-electron chi connectivity index (χ3n) is 2.98. The summed E-state index contributed by atoms with van der Waals surface area (Å²) in [6, 6.07) is 3.59. The first-order valence-corrected chi connectivity index (χ1v) is 5.42. The zero-order chi connectivity index (χ0) is 10.9. The van der Waals surface area contributed by atoms with Gasteiger partial charge >= 0.3 is 0 Å². The number of ether oxygens (including phenoxy) is 1. The van der Waals surface area contributed by atoms with Gasteiger partial charge < -0.3 is 9.64 Å². The molecule has 0 atom stereocenters. The average Bonchev–Trinajstić information content (AvgIpc) is 2.98. The van der Waals surface area contributed by atoms with E-state index in [9.17, 15) is 0 Å². The van der Waals surface area contributed by atoms with Gasteiger partial charge in [0.1, 0.15) is 17.5 Å². The Kier molecular flexibility index (Phi) is 4.42. The molecule has 0 aliphatic heterocycles. The highest BCUT2D eigenvalue weighted by molar-refractivity contribution is 6.29. The number of hydrogen-bond acceptors (Lipinski definition) is 3. The molecule has 0 N–H and O–H groups in total. The Morgan fingerprint density at radius 3 is 2.56 bits per heavy atom. The Morgan fingerprint density at radius 2 is 2.12 bits per heavy atom. The molecule has 1 saturated carbocycles. The lowest BCUT2D eigenvalue weighted by Crippen LogP contribution is -2.35. The first kappa shape index (κ1) is 13.6. The van der Waals surface area contributed by atoms with Gasteiger partial charge in [-0.2, -0.15) is 0 Å². The maximum atomic E-state index is 5.69. The van der Waals surface area contributed by atoms with Crippen LogP contribution in [0.25, 0.3) is 0 Å². The van der Waals surface area contributed by atoms with Gasteiger partial charge in [0, 0.05) is 0 Å². The van der Waals surface area contributed by atoms with Gasteiger partial charge in [-0.3, -0.25) is 0 Å². The van der Waals surface area contributed by atoms with Crippen molar-refractivity contribution in [1.82, 2.24) is 9.88 Å². The number of rotatable bonds is 4. The summed E-state index contributed by atoms with van der Waals surface area (Å²) in [5, 5.41) is 0.496. The minimum atomic E-state index is 0. The molecular weight excluding hydrogens is 247 g/mol. The molecule has 1 aliphatic rings. The Labute approximate surface area is 107 Å². The summed E-state index contributed by atoms with van der Waals surface area (Å²) >= 11 is 5.69. The van der Waals surface area contributed by atoms with Crippen molar-refractivity contribution in [1.29, 1.82) is 0 Å². The highest BCUT2D eigenvalue weighted by Gasteiger charge is 2.45. The van der Waals surface area contributed by atoms with E-state index in [4.69, 9.17) is 16.3 Å². The molecular formula is C11H16Cl2N2O. The smallest absolute Gasteiger partial charge is 0.137 e. The van der Waals surface area contributed by atoms with Crippen LogP contribution in [0.1, 0.15) is 12.8 Å². The first-order chi connectivity index (χ1) is 7.12. The van der Waals surface area contributed by atoms with E-state index in [2.05, 4.69) is 24.0 Å². The fourth-order valence-electron chi connectivity index (χ4n) is 1.53. The molecule has 1 aromatic heterocycles. The van der Waals surface area contributed by atoms with E-state index in [1.54, 1.807) is 12.3 Å². The molecule has 0 radical (unpaired) electrons. The Hall–Kier alpha value is -0.510. The summed E-state index contributed by atoms with van der Waals surface area (Å²) < 4.78 is 5.69. The van der Waals surface area contributed by atoms with Gasteiger partial charge in [-0.25, -0.2) is 4.98 Å². The summed E-state index contributed by atoms with van der Waals surface area (Å²) in [6.07, 6.45) is 4.08. The van der Waals surface area contributed by atoms with Crippen LogP contribution >= 0.6 is 24.0 Å². The van der Waals surface area contributed by atoms with Crippen LogP contribution in [-0.2, 0) is 0 Å². The van der Waals surface area contributed by atoms with Gasteiger partial charge in [0.25, 0.3) is 0 Å². The van der Waals surface area contributed by atoms with Crippen LogP contribution in [0.2, 0.25) is 5.15 Å². The van der Waals surface area contributed by atoms with Gasteiger partial charge in [0.2, 0.25) is 0 Å². The van der Waals surface area contributed by atoms with Crippen molar-refractivity contribution in [3.8, 4) is 5.75 Å². The van der Waals surface area contributed by atoms with E-state index < -0.39 is 0 Å². The lowest BCUT2D eigenvalue weighted by molar-refractivity contribution is 0.167. The first-order valence-electron chi connectivity index (χ1n) is 5.04. The van der Waals surface area contributed by atoms with E-state index in [1.165, 1.54) is 12.8 Å². The predicted molar refractivity (Wildman–Crippen MR) is 67.6 cm³/mol. The second-order valence-corrected chi connectivity index (χ2v) is 4.61. The van der Waals surface area contributed by atoms with Crippen molar-refractivity contribution in [3.05, 3.63) is 23.5 Å². The predicted octanol–water partition coefficient (Wildman–Crippen LogP) is 2.63. The van der Waals surface area contributed by atoms with Crippen LogP contribution < -0.4 is 4.74 Å². The highest BCUT2D eigenvalue weighted by atomic mass is 35.5. The molecule has 1 heterocycles. The van der Waals surface area contributed by atoms with Crippen molar-refractivity contribution >= 4 is 24.0 Å². The molecule has 0 aromatic carbocycles. The molecule has 90 valence electrons. The van der Waals surface area contributed by atoms with Crippen LogP contribution in [0.3, 0.4) is 0 Å². The fourth-order valence-corrected chi connectivity index (χ4v) is 1.64. The van der Waals surface area contributed by atoms with Crippen LogP contribution in [-0.4, -0.2) is 36.1 Å². The zero-order valence-electron chi connectivity index (χ0n) is 9.44. The molecule has 0 bridgehead atoms. The Morgan fingerprint density at radius 1 is 1.44 bits per heavy atom. The van der Waals surface area contributed by atoms with Gasteiger partial charge in [-0.15, -0.1) is 12.4 Å². The Bertz CT molecular complexity index is 336. The minimum Gasteiger partial charge on any atom is -0.490 e. The molecule has 3 nitrogen and oxygen atoms in total. The third-order valence-corrected chi connectivity index (χ3v) is 3.21. The van der Waals surface area contributed by atoms with Crippen LogP contribution in [0.4, 0.5) is 0 Å². The van der Waals surface area contributed by atoms with Crippen molar-refractivity contribution in [2.45, 2.75) is 18.4 Å². The van der Waals surface area contributed by atoms with E-state index in [0.717, 1.165) is 12.4 Å². The SMILES string of the molecule is CN(C)C1(COc2ccc(Cl)nc2)CC1.Cl. The second-order valence-electron chi connectivity index (χ2n) is 4.22. The second kappa shape index (κ2) is 5.21. The van der Waals surface area contributed by atoms with Crippen LogP contribution in [0.5, 0.6) is 5.75 Å². The molecule has 1 aromatic rings. The van der Waals surface area contributed by atoms with E-state index in [-0.39, 0.29) is 17.9 Å². The number of pyridine rings is 1. The summed E-state index contributed by atoms with van der Waals surface area (Å²) in [5.41, 5.74) is 0.250. The number of aromatic nitrogens is 1. The van der Waals surface area contributed by atoms with Gasteiger partial charge in [-0.1, -0.05) is 11.6 Å². The average molecular weight is 263 g/mol. The van der Waals surface area contributed by atoms with Crippen molar-refractivity contribution in [3.63, 3.8) is 0 Å². The largest absolute Gasteiger partial charge is 0.490 e. The van der Waals surface area contributed by atoms with E-state index in [0.29, 0.717) is 5.15 Å². The monoisotopic (exact) mass is 262 g/mol. The standard InChI is InChI=1S/C11H15ClN2O.ClH/c1-14(2)11(5-6-11)8-15-9-3-4-10(12)13-7-9;/h3-4,7H,5-6,8H2,1-2H3;1H. The molecule has 0 unspecified atom stereocenters. The summed E-state index contributed by atoms with van der Waals surface area (Å²) in [6.45, 7) is 0.726. The third kappa shape index (κ3) is 3.00. The quantitative estimate of drug-likeness (QED) is 0.781. The maximum Gasteiger partial charge on any atom is 0.137 e. The molecule has 1 aliphatic carbocycles. The van der Waals surface area contributed by atoms with Gasteiger partial charge in [0.05, 0.1) is 11.7 Å². The maximum absolute atomic E-state index is 5.69. The normalized spacial score (nSPS) is 16.8. The molecule has 0 amide bonds. The van der Waals surface area contributed by atoms with Gasteiger partial charge in [-0.05, 0) is 39.1 Å². The van der Waals surface area contributed by atoms with Crippen molar-refractivity contribution in [2.24, 2.45) is 0 Å². The summed E-state index contributed by atoms with van der Waals surface area (Å²) in [4.78, 5) is 6.20. The number of hydrogen-bond donors (Lipinski definition) is 0. The van der Waals surface area contributed by atoms with Gasteiger partial charge in [0.15, 0.2) is 0 Å². The molecule has 16 heavy (non-hydrogen) atoms. The van der Waals surface area contributed by atoms with Crippen molar-refractivity contribution < 1.29 is 4.74 Å². The number of likely N-dealkylation sites (N-methyl/N-ethyl adjacent to an activating group) is 1. The highest BCUT2D eigenvalue weighted by Crippen LogP contribution is 2.40. The molecule has 1 fully saturated rings. The topological polar surface area (TPSA) is 25.4 Å². The molecule has 0 saturated heterocycles. The number of halogens is 2. The molecule has 5 heteroatoms. The summed E-state index contributed by atoms with van der Waals surface area (Å²) in [7, 11) is 4.19. The number of nitrogens with zero attached hydrogens (tertiary/aromatic N) is 2. The van der Waals surface area contributed by atoms with Crippen LogP contribution in [0.15, 0.2) is 18.3 Å². The lowest BCUT2D eigenvalue weighted by Gasteiger charge is -2.23. The summed E-state index contributed by atoms with van der Waals surface area (Å²) in [5.74, 6) is 0.785. The van der Waals surface area contributed by atoms with E-state index in [1.807, 2.05) is 6.07 Å². The van der Waals surface area contributed by atoms with Crippen LogP contribution in [0, 0.1) is 0 Å². The molecule has 2 rings (SSSR count).